The van der Waals surface area contributed by atoms with Crippen LogP contribution in [-0.4, -0.2) is 39.5 Å². The highest BCUT2D eigenvalue weighted by Gasteiger charge is 2.16. The fourth-order valence-corrected chi connectivity index (χ4v) is 4.46. The summed E-state index contributed by atoms with van der Waals surface area (Å²) in [7, 11) is 0. The Hall–Kier alpha value is -3.72. The van der Waals surface area contributed by atoms with Gasteiger partial charge in [-0.25, -0.2) is 0 Å². The Morgan fingerprint density at radius 2 is 1.81 bits per heavy atom. The quantitative estimate of drug-likeness (QED) is 0.259. The van der Waals surface area contributed by atoms with Crippen molar-refractivity contribution in [3.8, 4) is 5.75 Å². The minimum Gasteiger partial charge on any atom is -0.486 e. The number of thioether (sulfide) groups is 1. The van der Waals surface area contributed by atoms with Crippen LogP contribution in [0.1, 0.15) is 31.0 Å². The molecule has 0 fully saturated rings. The van der Waals surface area contributed by atoms with Crippen molar-refractivity contribution < 1.29 is 13.9 Å². The number of amides is 1. The van der Waals surface area contributed by atoms with Gasteiger partial charge in [0.05, 0.1) is 18.6 Å². The Kier molecular flexibility index (Phi) is 8.67. The number of ether oxygens (including phenoxy) is 1. The fourth-order valence-electron chi connectivity index (χ4n) is 3.70. The number of aryl methyl sites for hydroxylation is 1. The molecule has 36 heavy (non-hydrogen) atoms. The summed E-state index contributed by atoms with van der Waals surface area (Å²) in [6.45, 7) is 8.86. The smallest absolute Gasteiger partial charge is 0.234 e. The summed E-state index contributed by atoms with van der Waals surface area (Å²) in [5, 5.41) is 12.2. The van der Waals surface area contributed by atoms with Gasteiger partial charge >= 0.3 is 0 Å². The van der Waals surface area contributed by atoms with Gasteiger partial charge in [0.15, 0.2) is 11.0 Å². The Labute approximate surface area is 215 Å². The van der Waals surface area contributed by atoms with Crippen LogP contribution in [0.4, 0.5) is 11.4 Å². The standard InChI is InChI=1S/C27H31N5O3S/c1-4-31(5-2)22-12-10-21(11-13-22)28-26(33)19-36-27-30-29-25(32(27)17-24-7-6-16-34-24)18-35-23-14-8-20(3)9-15-23/h6-16H,4-5,17-19H2,1-3H3,(H,28,33). The molecule has 2 aromatic carbocycles. The zero-order valence-corrected chi connectivity index (χ0v) is 21.6. The number of hydrogen-bond donors (Lipinski definition) is 1. The van der Waals surface area contributed by atoms with Gasteiger partial charge in [-0.2, -0.15) is 0 Å². The van der Waals surface area contributed by atoms with E-state index in [1.807, 2.05) is 72.2 Å². The van der Waals surface area contributed by atoms with Gasteiger partial charge in [0.1, 0.15) is 18.1 Å². The van der Waals surface area contributed by atoms with E-state index in [9.17, 15) is 4.79 Å². The molecule has 0 atom stereocenters. The highest BCUT2D eigenvalue weighted by molar-refractivity contribution is 7.99. The predicted octanol–water partition coefficient (Wildman–Crippen LogP) is 5.38. The van der Waals surface area contributed by atoms with Crippen molar-refractivity contribution in [3.63, 3.8) is 0 Å². The predicted molar refractivity (Wildman–Crippen MR) is 143 cm³/mol. The zero-order valence-electron chi connectivity index (χ0n) is 20.8. The molecule has 8 nitrogen and oxygen atoms in total. The largest absolute Gasteiger partial charge is 0.486 e. The molecule has 0 unspecified atom stereocenters. The lowest BCUT2D eigenvalue weighted by Gasteiger charge is -2.21. The van der Waals surface area contributed by atoms with Gasteiger partial charge in [0, 0.05) is 24.5 Å². The van der Waals surface area contributed by atoms with Crippen molar-refractivity contribution in [2.45, 2.75) is 39.1 Å². The van der Waals surface area contributed by atoms with Crippen LogP contribution in [0, 0.1) is 6.92 Å². The molecule has 0 aliphatic heterocycles. The maximum atomic E-state index is 12.6. The van der Waals surface area contributed by atoms with E-state index in [1.165, 1.54) is 17.3 Å². The van der Waals surface area contributed by atoms with Crippen LogP contribution >= 0.6 is 11.8 Å². The Balaban J connectivity index is 1.39. The monoisotopic (exact) mass is 505 g/mol. The number of aromatic nitrogens is 3. The molecule has 1 N–H and O–H groups in total. The number of carbonyl (C=O) groups excluding carboxylic acids is 1. The molecule has 0 saturated heterocycles. The molecular weight excluding hydrogens is 474 g/mol. The van der Waals surface area contributed by atoms with Crippen LogP contribution in [-0.2, 0) is 17.9 Å². The van der Waals surface area contributed by atoms with Crippen molar-refractivity contribution in [2.24, 2.45) is 0 Å². The topological polar surface area (TPSA) is 85.4 Å². The lowest BCUT2D eigenvalue weighted by Crippen LogP contribution is -2.21. The third kappa shape index (κ3) is 6.69. The van der Waals surface area contributed by atoms with E-state index in [0.29, 0.717) is 17.5 Å². The molecular formula is C27H31N5O3S. The molecule has 0 bridgehead atoms. The van der Waals surface area contributed by atoms with Crippen molar-refractivity contribution in [1.82, 2.24) is 14.8 Å². The summed E-state index contributed by atoms with van der Waals surface area (Å²) >= 11 is 1.33. The van der Waals surface area contributed by atoms with E-state index in [1.54, 1.807) is 6.26 Å². The van der Waals surface area contributed by atoms with E-state index < -0.39 is 0 Å². The Morgan fingerprint density at radius 3 is 2.47 bits per heavy atom. The van der Waals surface area contributed by atoms with Crippen LogP contribution in [0.2, 0.25) is 0 Å². The molecule has 2 aromatic heterocycles. The van der Waals surface area contributed by atoms with E-state index in [4.69, 9.17) is 9.15 Å². The van der Waals surface area contributed by atoms with E-state index >= 15 is 0 Å². The summed E-state index contributed by atoms with van der Waals surface area (Å²) < 4.78 is 13.4. The van der Waals surface area contributed by atoms with Gasteiger partial charge in [-0.1, -0.05) is 29.5 Å². The molecule has 0 aliphatic carbocycles. The number of rotatable bonds is 12. The molecule has 1 amide bonds. The molecule has 0 spiro atoms. The maximum absolute atomic E-state index is 12.6. The van der Waals surface area contributed by atoms with Gasteiger partial charge in [0.2, 0.25) is 5.91 Å². The summed E-state index contributed by atoms with van der Waals surface area (Å²) in [5.41, 5.74) is 3.07. The lowest BCUT2D eigenvalue weighted by molar-refractivity contribution is -0.113. The van der Waals surface area contributed by atoms with Crippen LogP contribution in [0.25, 0.3) is 0 Å². The first-order valence-electron chi connectivity index (χ1n) is 12.0. The second-order valence-electron chi connectivity index (χ2n) is 8.22. The van der Waals surface area contributed by atoms with Gasteiger partial charge < -0.3 is 19.4 Å². The Bertz CT molecular complexity index is 1230. The number of hydrogen-bond acceptors (Lipinski definition) is 7. The summed E-state index contributed by atoms with van der Waals surface area (Å²) in [5.74, 6) is 2.27. The van der Waals surface area contributed by atoms with Crippen LogP contribution in [0.3, 0.4) is 0 Å². The average Bonchev–Trinajstić information content (AvgIpc) is 3.54. The van der Waals surface area contributed by atoms with Crippen molar-refractivity contribution >= 4 is 29.0 Å². The molecule has 0 aliphatic rings. The molecule has 9 heteroatoms. The number of anilines is 2. The summed E-state index contributed by atoms with van der Waals surface area (Å²) in [6.07, 6.45) is 1.63. The minimum absolute atomic E-state index is 0.111. The molecule has 2 heterocycles. The van der Waals surface area contributed by atoms with Crippen LogP contribution in [0.5, 0.6) is 5.75 Å². The normalized spacial score (nSPS) is 10.9. The Morgan fingerprint density at radius 1 is 1.06 bits per heavy atom. The highest BCUT2D eigenvalue weighted by Crippen LogP contribution is 2.22. The van der Waals surface area contributed by atoms with Crippen LogP contribution < -0.4 is 15.0 Å². The molecule has 0 radical (unpaired) electrons. The van der Waals surface area contributed by atoms with Gasteiger partial charge in [0.25, 0.3) is 0 Å². The molecule has 0 saturated carbocycles. The van der Waals surface area contributed by atoms with Gasteiger partial charge in [-0.05, 0) is 69.3 Å². The summed E-state index contributed by atoms with van der Waals surface area (Å²) in [4.78, 5) is 14.9. The van der Waals surface area contributed by atoms with E-state index in [-0.39, 0.29) is 18.3 Å². The van der Waals surface area contributed by atoms with Gasteiger partial charge in [-0.15, -0.1) is 10.2 Å². The lowest BCUT2D eigenvalue weighted by atomic mass is 10.2. The fraction of sp³-hybridized carbons (Fsp3) is 0.296. The minimum atomic E-state index is -0.111. The highest BCUT2D eigenvalue weighted by atomic mass is 32.2. The molecule has 188 valence electrons. The van der Waals surface area contributed by atoms with E-state index in [0.717, 1.165) is 36.0 Å². The first kappa shape index (κ1) is 25.4. The van der Waals surface area contributed by atoms with Crippen LogP contribution in [0.15, 0.2) is 76.5 Å². The first-order chi connectivity index (χ1) is 17.6. The number of furan rings is 1. The van der Waals surface area contributed by atoms with Gasteiger partial charge in [-0.3, -0.25) is 9.36 Å². The SMILES string of the molecule is CCN(CC)c1ccc(NC(=O)CSc2nnc(COc3ccc(C)cc3)n2Cc2ccco2)cc1. The zero-order chi connectivity index (χ0) is 25.3. The number of nitrogens with one attached hydrogen (secondary N) is 1. The molecule has 4 rings (SSSR count). The number of carbonyl (C=O) groups is 1. The number of nitrogens with zero attached hydrogens (tertiary/aromatic N) is 4. The molecule has 4 aromatic rings. The second kappa shape index (κ2) is 12.3. The van der Waals surface area contributed by atoms with E-state index in [2.05, 4.69) is 34.3 Å². The van der Waals surface area contributed by atoms with Crippen molar-refractivity contribution in [3.05, 3.63) is 84.1 Å². The van der Waals surface area contributed by atoms with Crippen molar-refractivity contribution in [1.29, 1.82) is 0 Å². The third-order valence-electron chi connectivity index (χ3n) is 5.69. The number of benzene rings is 2. The van der Waals surface area contributed by atoms with Crippen molar-refractivity contribution in [2.75, 3.05) is 29.1 Å². The second-order valence-corrected chi connectivity index (χ2v) is 9.16. The third-order valence-corrected chi connectivity index (χ3v) is 6.66. The maximum Gasteiger partial charge on any atom is 0.234 e. The average molecular weight is 506 g/mol. The summed E-state index contributed by atoms with van der Waals surface area (Å²) in [6, 6.07) is 19.5. The first-order valence-corrected chi connectivity index (χ1v) is 13.0.